The third-order valence-corrected chi connectivity index (χ3v) is 3.64. The molecule has 3 rings (SSSR count). The van der Waals surface area contributed by atoms with E-state index in [4.69, 9.17) is 16.3 Å². The summed E-state index contributed by atoms with van der Waals surface area (Å²) in [6.07, 6.45) is 3.37. The van der Waals surface area contributed by atoms with E-state index < -0.39 is 0 Å². The minimum absolute atomic E-state index is 0.0701. The molecule has 3 aromatic rings. The first kappa shape index (κ1) is 16.9. The molecule has 0 atom stereocenters. The molecule has 1 heterocycles. The lowest BCUT2D eigenvalue weighted by atomic mass is 10.1. The van der Waals surface area contributed by atoms with Crippen molar-refractivity contribution >= 4 is 23.5 Å². The second kappa shape index (κ2) is 7.73. The van der Waals surface area contributed by atoms with Gasteiger partial charge in [-0.25, -0.2) is 0 Å². The Morgan fingerprint density at radius 1 is 1.04 bits per heavy atom. The Balaban J connectivity index is 1.67. The largest absolute Gasteiger partial charge is 0.438 e. The molecule has 0 aliphatic carbocycles. The summed E-state index contributed by atoms with van der Waals surface area (Å²) in [5, 5.41) is 7.83. The average Bonchev–Trinajstić information content (AvgIpc) is 2.62. The molecular formula is C20H15ClN2O2. The van der Waals surface area contributed by atoms with Crippen LogP contribution in [0.4, 0.5) is 0 Å². The van der Waals surface area contributed by atoms with Crippen LogP contribution >= 0.6 is 11.6 Å². The van der Waals surface area contributed by atoms with E-state index in [9.17, 15) is 4.79 Å². The van der Waals surface area contributed by atoms with Gasteiger partial charge in [-0.05, 0) is 48.9 Å². The highest BCUT2D eigenvalue weighted by molar-refractivity contribution is 6.29. The van der Waals surface area contributed by atoms with Crippen molar-refractivity contribution in [2.45, 2.75) is 6.92 Å². The summed E-state index contributed by atoms with van der Waals surface area (Å²) in [5.41, 5.74) is 2.73. The van der Waals surface area contributed by atoms with E-state index in [0.29, 0.717) is 22.3 Å². The summed E-state index contributed by atoms with van der Waals surface area (Å²) >= 11 is 5.68. The monoisotopic (exact) mass is 350 g/mol. The fourth-order valence-corrected chi connectivity index (χ4v) is 2.31. The molecule has 0 aliphatic heterocycles. The van der Waals surface area contributed by atoms with Crippen molar-refractivity contribution in [2.75, 3.05) is 0 Å². The number of halogens is 1. The summed E-state index contributed by atoms with van der Waals surface area (Å²) in [6, 6.07) is 18.0. The van der Waals surface area contributed by atoms with Gasteiger partial charge in [0.25, 0.3) is 0 Å². The lowest BCUT2D eigenvalue weighted by molar-refractivity contribution is 0.104. The van der Waals surface area contributed by atoms with Crippen LogP contribution in [0.15, 0.2) is 66.7 Å². The van der Waals surface area contributed by atoms with E-state index in [1.165, 1.54) is 0 Å². The van der Waals surface area contributed by atoms with Crippen LogP contribution in [0.25, 0.3) is 6.08 Å². The Morgan fingerprint density at radius 3 is 2.52 bits per heavy atom. The Hall–Kier alpha value is -2.98. The zero-order chi connectivity index (χ0) is 17.6. The molecule has 1 aromatic heterocycles. The van der Waals surface area contributed by atoms with Crippen LogP contribution in [0.5, 0.6) is 11.6 Å². The van der Waals surface area contributed by atoms with Gasteiger partial charge in [0.05, 0.1) is 0 Å². The molecule has 0 bridgehead atoms. The fourth-order valence-electron chi connectivity index (χ4n) is 2.21. The standard InChI is InChI=1S/C20H15ClN2O2/c1-14-3-2-4-15(13-14)5-10-18(24)16-6-8-17(9-7-16)25-20-12-11-19(21)22-23-20/h2-13H,1H3. The molecule has 2 aromatic carbocycles. The topological polar surface area (TPSA) is 52.1 Å². The van der Waals surface area contributed by atoms with Crippen molar-refractivity contribution in [1.29, 1.82) is 0 Å². The van der Waals surface area contributed by atoms with E-state index in [-0.39, 0.29) is 5.78 Å². The molecule has 0 saturated carbocycles. The van der Waals surface area contributed by atoms with Gasteiger partial charge < -0.3 is 4.74 Å². The third-order valence-electron chi connectivity index (χ3n) is 3.44. The van der Waals surface area contributed by atoms with Crippen molar-refractivity contribution in [3.8, 4) is 11.6 Å². The van der Waals surface area contributed by atoms with Crippen LogP contribution in [-0.2, 0) is 0 Å². The lowest BCUT2D eigenvalue weighted by Crippen LogP contribution is -1.95. The van der Waals surface area contributed by atoms with Crippen LogP contribution in [-0.4, -0.2) is 16.0 Å². The number of benzene rings is 2. The zero-order valence-electron chi connectivity index (χ0n) is 13.5. The van der Waals surface area contributed by atoms with Gasteiger partial charge in [-0.3, -0.25) is 4.79 Å². The number of hydrogen-bond acceptors (Lipinski definition) is 4. The number of allylic oxidation sites excluding steroid dienone is 1. The molecule has 124 valence electrons. The fraction of sp³-hybridized carbons (Fsp3) is 0.0500. The molecule has 5 heteroatoms. The number of carbonyl (C=O) groups is 1. The molecule has 0 radical (unpaired) electrons. The number of aryl methyl sites for hydroxylation is 1. The quantitative estimate of drug-likeness (QED) is 0.473. The van der Waals surface area contributed by atoms with E-state index in [0.717, 1.165) is 11.1 Å². The Labute approximate surface area is 150 Å². The summed E-state index contributed by atoms with van der Waals surface area (Å²) < 4.78 is 5.55. The van der Waals surface area contributed by atoms with Crippen molar-refractivity contribution in [3.63, 3.8) is 0 Å². The van der Waals surface area contributed by atoms with Gasteiger partial charge in [0.2, 0.25) is 5.88 Å². The molecule has 0 aliphatic rings. The number of ether oxygens (including phenoxy) is 1. The van der Waals surface area contributed by atoms with E-state index in [2.05, 4.69) is 10.2 Å². The molecule has 0 amide bonds. The number of hydrogen-bond donors (Lipinski definition) is 0. The highest BCUT2D eigenvalue weighted by Crippen LogP contribution is 2.20. The van der Waals surface area contributed by atoms with Gasteiger partial charge in [0.15, 0.2) is 10.9 Å². The minimum atomic E-state index is -0.0701. The first-order valence-corrected chi connectivity index (χ1v) is 8.04. The zero-order valence-corrected chi connectivity index (χ0v) is 14.3. The number of carbonyl (C=O) groups excluding carboxylic acids is 1. The van der Waals surface area contributed by atoms with Crippen LogP contribution in [0.1, 0.15) is 21.5 Å². The van der Waals surface area contributed by atoms with Gasteiger partial charge in [-0.2, -0.15) is 0 Å². The number of ketones is 1. The maximum absolute atomic E-state index is 12.2. The average molecular weight is 351 g/mol. The van der Waals surface area contributed by atoms with Crippen LogP contribution in [0.2, 0.25) is 5.15 Å². The molecule has 0 fully saturated rings. The summed E-state index contributed by atoms with van der Waals surface area (Å²) in [6.45, 7) is 2.02. The van der Waals surface area contributed by atoms with Gasteiger partial charge in [-0.15, -0.1) is 10.2 Å². The molecule has 0 N–H and O–H groups in total. The van der Waals surface area contributed by atoms with Crippen molar-refractivity contribution < 1.29 is 9.53 Å². The van der Waals surface area contributed by atoms with Gasteiger partial charge >= 0.3 is 0 Å². The van der Waals surface area contributed by atoms with Gasteiger partial charge in [0.1, 0.15) is 5.75 Å². The smallest absolute Gasteiger partial charge is 0.238 e. The van der Waals surface area contributed by atoms with E-state index >= 15 is 0 Å². The molecule has 0 saturated heterocycles. The molecule has 4 nitrogen and oxygen atoms in total. The van der Waals surface area contributed by atoms with Crippen LogP contribution in [0, 0.1) is 6.92 Å². The predicted molar refractivity (Wildman–Crippen MR) is 98.1 cm³/mol. The van der Waals surface area contributed by atoms with Gasteiger partial charge in [0, 0.05) is 11.6 Å². The Morgan fingerprint density at radius 2 is 1.84 bits per heavy atom. The summed E-state index contributed by atoms with van der Waals surface area (Å²) in [7, 11) is 0. The van der Waals surface area contributed by atoms with Crippen molar-refractivity contribution in [2.24, 2.45) is 0 Å². The second-order valence-electron chi connectivity index (χ2n) is 5.43. The summed E-state index contributed by atoms with van der Waals surface area (Å²) in [5.74, 6) is 0.831. The highest BCUT2D eigenvalue weighted by atomic mass is 35.5. The lowest BCUT2D eigenvalue weighted by Gasteiger charge is -2.04. The van der Waals surface area contributed by atoms with Crippen LogP contribution in [0.3, 0.4) is 0 Å². The SMILES string of the molecule is Cc1cccc(C=CC(=O)c2ccc(Oc3ccc(Cl)nn3)cc2)c1. The first-order valence-electron chi connectivity index (χ1n) is 7.66. The van der Waals surface area contributed by atoms with E-state index in [1.54, 1.807) is 42.5 Å². The Kier molecular flexibility index (Phi) is 5.21. The molecule has 0 unspecified atom stereocenters. The maximum atomic E-state index is 12.2. The molecule has 25 heavy (non-hydrogen) atoms. The number of aromatic nitrogens is 2. The van der Waals surface area contributed by atoms with Crippen molar-refractivity contribution in [1.82, 2.24) is 10.2 Å². The highest BCUT2D eigenvalue weighted by Gasteiger charge is 2.04. The normalized spacial score (nSPS) is 10.8. The first-order chi connectivity index (χ1) is 12.1. The number of rotatable bonds is 5. The minimum Gasteiger partial charge on any atom is -0.438 e. The molecule has 0 spiro atoms. The summed E-state index contributed by atoms with van der Waals surface area (Å²) in [4.78, 5) is 12.2. The predicted octanol–water partition coefficient (Wildman–Crippen LogP) is 5.13. The number of nitrogens with zero attached hydrogens (tertiary/aromatic N) is 2. The second-order valence-corrected chi connectivity index (χ2v) is 5.82. The maximum Gasteiger partial charge on any atom is 0.238 e. The Bertz CT molecular complexity index is 904. The molecular weight excluding hydrogens is 336 g/mol. The van der Waals surface area contributed by atoms with Crippen LogP contribution < -0.4 is 4.74 Å². The van der Waals surface area contributed by atoms with Gasteiger partial charge in [-0.1, -0.05) is 47.5 Å². The third kappa shape index (κ3) is 4.75. The van der Waals surface area contributed by atoms with E-state index in [1.807, 2.05) is 37.3 Å². The van der Waals surface area contributed by atoms with Crippen molar-refractivity contribution in [3.05, 3.63) is 88.6 Å².